The zero-order chi connectivity index (χ0) is 16.1. The summed E-state index contributed by atoms with van der Waals surface area (Å²) in [4.78, 5) is 16.3. The van der Waals surface area contributed by atoms with Crippen molar-refractivity contribution in [2.45, 2.75) is 6.61 Å². The molecule has 0 fully saturated rings. The molecule has 1 amide bonds. The van der Waals surface area contributed by atoms with E-state index in [1.165, 1.54) is 0 Å². The molecule has 1 aromatic heterocycles. The van der Waals surface area contributed by atoms with E-state index < -0.39 is 6.09 Å². The Balaban J connectivity index is 1.76. The minimum absolute atomic E-state index is 0.210. The number of benzene rings is 2. The smallest absolute Gasteiger partial charge is 0.412 e. The monoisotopic (exact) mass is 308 g/mol. The zero-order valence-corrected chi connectivity index (χ0v) is 12.7. The normalized spacial score (nSPS) is 10.3. The van der Waals surface area contributed by atoms with Crippen LogP contribution in [0.3, 0.4) is 0 Å². The zero-order valence-electron chi connectivity index (χ0n) is 12.7. The van der Waals surface area contributed by atoms with Gasteiger partial charge in [0.15, 0.2) is 0 Å². The highest BCUT2D eigenvalue weighted by Crippen LogP contribution is 2.27. The number of fused-ring (bicyclic) bond motifs is 1. The summed E-state index contributed by atoms with van der Waals surface area (Å²) in [5.74, 6) is 0.642. The maximum absolute atomic E-state index is 12.0. The van der Waals surface area contributed by atoms with Crippen molar-refractivity contribution >= 4 is 22.7 Å². The van der Waals surface area contributed by atoms with Crippen LogP contribution in [0.1, 0.15) is 5.56 Å². The number of anilines is 1. The number of carbonyl (C=O) groups is 1. The summed E-state index contributed by atoms with van der Waals surface area (Å²) in [7, 11) is 1.58. The van der Waals surface area contributed by atoms with Crippen LogP contribution >= 0.6 is 0 Å². The molecule has 1 N–H and O–H groups in total. The van der Waals surface area contributed by atoms with E-state index >= 15 is 0 Å². The Hall–Kier alpha value is -3.08. The lowest BCUT2D eigenvalue weighted by Crippen LogP contribution is -2.14. The molecule has 0 aliphatic carbocycles. The predicted molar refractivity (Wildman–Crippen MR) is 88.5 cm³/mol. The number of pyridine rings is 1. The van der Waals surface area contributed by atoms with Crippen molar-refractivity contribution in [3.63, 3.8) is 0 Å². The molecular formula is C18H16N2O3. The van der Waals surface area contributed by atoms with Crippen LogP contribution < -0.4 is 10.1 Å². The Morgan fingerprint density at radius 3 is 2.74 bits per heavy atom. The number of hydrogen-bond acceptors (Lipinski definition) is 4. The molecule has 0 bridgehead atoms. The van der Waals surface area contributed by atoms with Gasteiger partial charge in [-0.2, -0.15) is 0 Å². The first-order valence-corrected chi connectivity index (χ1v) is 7.17. The summed E-state index contributed by atoms with van der Waals surface area (Å²) < 4.78 is 10.5. The molecule has 0 aliphatic rings. The van der Waals surface area contributed by atoms with Gasteiger partial charge in [-0.3, -0.25) is 10.3 Å². The number of nitrogens with zero attached hydrogens (tertiary/aromatic N) is 1. The van der Waals surface area contributed by atoms with Gasteiger partial charge in [0.2, 0.25) is 0 Å². The number of aromatic nitrogens is 1. The molecule has 23 heavy (non-hydrogen) atoms. The molecular weight excluding hydrogens is 292 g/mol. The Kier molecular flexibility index (Phi) is 4.38. The minimum atomic E-state index is -0.533. The first kappa shape index (κ1) is 14.8. The molecule has 0 saturated carbocycles. The molecule has 3 rings (SSSR count). The second-order valence-corrected chi connectivity index (χ2v) is 4.94. The summed E-state index contributed by atoms with van der Waals surface area (Å²) in [5.41, 5.74) is 2.17. The van der Waals surface area contributed by atoms with Crippen molar-refractivity contribution in [3.05, 3.63) is 66.4 Å². The summed E-state index contributed by atoms with van der Waals surface area (Å²) in [6.45, 7) is 0.210. The first-order valence-electron chi connectivity index (χ1n) is 7.17. The Morgan fingerprint density at radius 1 is 1.13 bits per heavy atom. The van der Waals surface area contributed by atoms with Crippen LogP contribution in [-0.4, -0.2) is 18.2 Å². The van der Waals surface area contributed by atoms with Gasteiger partial charge in [-0.15, -0.1) is 0 Å². The maximum atomic E-state index is 12.0. The second-order valence-electron chi connectivity index (χ2n) is 4.94. The highest BCUT2D eigenvalue weighted by atomic mass is 16.5. The number of hydrogen-bond donors (Lipinski definition) is 1. The quantitative estimate of drug-likeness (QED) is 0.791. The molecule has 1 heterocycles. The number of methoxy groups -OCH3 is 1. The molecule has 0 spiro atoms. The third-order valence-corrected chi connectivity index (χ3v) is 3.36. The van der Waals surface area contributed by atoms with Crippen LogP contribution in [0.5, 0.6) is 5.75 Å². The lowest BCUT2D eigenvalue weighted by molar-refractivity contribution is 0.155. The van der Waals surface area contributed by atoms with Gasteiger partial charge in [-0.1, -0.05) is 36.4 Å². The lowest BCUT2D eigenvalue weighted by atomic mass is 10.2. The first-order chi connectivity index (χ1) is 11.3. The van der Waals surface area contributed by atoms with E-state index in [4.69, 9.17) is 9.47 Å². The third-order valence-electron chi connectivity index (χ3n) is 3.36. The summed E-state index contributed by atoms with van der Waals surface area (Å²) >= 11 is 0. The van der Waals surface area contributed by atoms with E-state index in [9.17, 15) is 4.79 Å². The number of carbonyl (C=O) groups excluding carboxylic acids is 1. The van der Waals surface area contributed by atoms with Crippen molar-refractivity contribution < 1.29 is 14.3 Å². The molecule has 0 atom stereocenters. The SMILES string of the molecule is COc1cc(NC(=O)OCc2ccccc2)c2ncccc2c1. The lowest BCUT2D eigenvalue weighted by Gasteiger charge is -2.11. The fourth-order valence-electron chi connectivity index (χ4n) is 2.25. The van der Waals surface area contributed by atoms with Crippen LogP contribution in [0.2, 0.25) is 0 Å². The number of amides is 1. The van der Waals surface area contributed by atoms with E-state index in [1.807, 2.05) is 48.5 Å². The highest BCUT2D eigenvalue weighted by Gasteiger charge is 2.10. The van der Waals surface area contributed by atoms with Crippen LogP contribution in [0, 0.1) is 0 Å². The van der Waals surface area contributed by atoms with Gasteiger partial charge in [0, 0.05) is 17.6 Å². The molecule has 5 nitrogen and oxygen atoms in total. The minimum Gasteiger partial charge on any atom is -0.497 e. The molecule has 5 heteroatoms. The van der Waals surface area contributed by atoms with Gasteiger partial charge in [-0.05, 0) is 17.7 Å². The van der Waals surface area contributed by atoms with E-state index in [2.05, 4.69) is 10.3 Å². The van der Waals surface area contributed by atoms with E-state index in [1.54, 1.807) is 19.4 Å². The average molecular weight is 308 g/mol. The summed E-state index contributed by atoms with van der Waals surface area (Å²) in [6, 6.07) is 16.8. The van der Waals surface area contributed by atoms with E-state index in [0.29, 0.717) is 17.0 Å². The van der Waals surface area contributed by atoms with Crippen molar-refractivity contribution in [1.29, 1.82) is 0 Å². The largest absolute Gasteiger partial charge is 0.497 e. The summed E-state index contributed by atoms with van der Waals surface area (Å²) in [6.07, 6.45) is 1.14. The predicted octanol–water partition coefficient (Wildman–Crippen LogP) is 3.99. The fraction of sp³-hybridized carbons (Fsp3) is 0.111. The molecule has 0 saturated heterocycles. The third kappa shape index (κ3) is 3.58. The molecule has 0 radical (unpaired) electrons. The van der Waals surface area contributed by atoms with Crippen LogP contribution in [-0.2, 0) is 11.3 Å². The number of nitrogens with one attached hydrogen (secondary N) is 1. The van der Waals surface area contributed by atoms with Gasteiger partial charge in [0.25, 0.3) is 0 Å². The Morgan fingerprint density at radius 2 is 1.96 bits per heavy atom. The Bertz CT molecular complexity index is 819. The highest BCUT2D eigenvalue weighted by molar-refractivity contribution is 5.98. The Labute approximate surface area is 133 Å². The average Bonchev–Trinajstić information content (AvgIpc) is 2.60. The van der Waals surface area contributed by atoms with Crippen molar-refractivity contribution in [2.24, 2.45) is 0 Å². The molecule has 0 unspecified atom stereocenters. The van der Waals surface area contributed by atoms with Crippen LogP contribution in [0.15, 0.2) is 60.8 Å². The maximum Gasteiger partial charge on any atom is 0.412 e. The van der Waals surface area contributed by atoms with Crippen LogP contribution in [0.4, 0.5) is 10.5 Å². The van der Waals surface area contributed by atoms with Gasteiger partial charge in [0.05, 0.1) is 18.3 Å². The standard InChI is InChI=1S/C18H16N2O3/c1-22-15-10-14-8-5-9-19-17(14)16(11-15)20-18(21)23-12-13-6-3-2-4-7-13/h2-11H,12H2,1H3,(H,20,21). The van der Waals surface area contributed by atoms with Gasteiger partial charge in [0.1, 0.15) is 12.4 Å². The second kappa shape index (κ2) is 6.79. The molecule has 2 aromatic carbocycles. The van der Waals surface area contributed by atoms with Gasteiger partial charge < -0.3 is 9.47 Å². The van der Waals surface area contributed by atoms with Gasteiger partial charge >= 0.3 is 6.09 Å². The van der Waals surface area contributed by atoms with Crippen molar-refractivity contribution in [3.8, 4) is 5.75 Å². The molecule has 3 aromatic rings. The van der Waals surface area contributed by atoms with E-state index in [-0.39, 0.29) is 6.61 Å². The van der Waals surface area contributed by atoms with E-state index in [0.717, 1.165) is 10.9 Å². The van der Waals surface area contributed by atoms with Crippen molar-refractivity contribution in [2.75, 3.05) is 12.4 Å². The van der Waals surface area contributed by atoms with Crippen molar-refractivity contribution in [1.82, 2.24) is 4.98 Å². The molecule has 0 aliphatic heterocycles. The summed E-state index contributed by atoms with van der Waals surface area (Å²) in [5, 5.41) is 3.61. The number of ether oxygens (including phenoxy) is 2. The fourth-order valence-corrected chi connectivity index (χ4v) is 2.25. The topological polar surface area (TPSA) is 60.5 Å². The van der Waals surface area contributed by atoms with Crippen LogP contribution in [0.25, 0.3) is 10.9 Å². The van der Waals surface area contributed by atoms with Gasteiger partial charge in [-0.25, -0.2) is 4.79 Å². The number of rotatable bonds is 4. The molecule has 116 valence electrons.